The third kappa shape index (κ3) is 5.95. The second-order valence-electron chi connectivity index (χ2n) is 8.45. The molecule has 2 aromatic heterocycles. The number of nitrogens with one attached hydrogen (secondary N) is 1. The number of hydrogen-bond donors (Lipinski definition) is 2. The quantitative estimate of drug-likeness (QED) is 0.351. The van der Waals surface area contributed by atoms with Crippen molar-refractivity contribution in [2.24, 2.45) is 0 Å². The molecule has 0 bridgehead atoms. The van der Waals surface area contributed by atoms with Gasteiger partial charge in [-0.2, -0.15) is 0 Å². The predicted octanol–water partition coefficient (Wildman–Crippen LogP) is 2.92. The number of anilines is 2. The Morgan fingerprint density at radius 3 is 2.68 bits per heavy atom. The van der Waals surface area contributed by atoms with Crippen molar-refractivity contribution < 1.29 is 9.53 Å². The van der Waals surface area contributed by atoms with Crippen LogP contribution in [0.15, 0.2) is 48.9 Å². The molecular weight excluding hydrogens is 428 g/mol. The first kappa shape index (κ1) is 23.8. The van der Waals surface area contributed by atoms with Crippen LogP contribution in [-0.2, 0) is 17.6 Å². The highest BCUT2D eigenvalue weighted by Gasteiger charge is 2.20. The molecule has 0 saturated carbocycles. The van der Waals surface area contributed by atoms with Gasteiger partial charge in [-0.05, 0) is 44.5 Å². The number of unbranched alkanes of at least 4 members (excludes halogenated alkanes) is 1. The molecular formula is C26H32N6O2. The number of morpholine rings is 1. The van der Waals surface area contributed by atoms with E-state index in [2.05, 4.69) is 37.3 Å². The molecule has 0 unspecified atom stereocenters. The van der Waals surface area contributed by atoms with Crippen LogP contribution in [0.3, 0.4) is 0 Å². The summed E-state index contributed by atoms with van der Waals surface area (Å²) in [6.45, 7) is 3.95. The molecule has 0 radical (unpaired) electrons. The van der Waals surface area contributed by atoms with E-state index in [1.165, 1.54) is 5.56 Å². The Labute approximate surface area is 200 Å². The van der Waals surface area contributed by atoms with E-state index in [9.17, 15) is 4.79 Å². The van der Waals surface area contributed by atoms with Crippen LogP contribution in [0.1, 0.15) is 34.5 Å². The zero-order valence-corrected chi connectivity index (χ0v) is 19.7. The van der Waals surface area contributed by atoms with Gasteiger partial charge in [0.1, 0.15) is 5.69 Å². The minimum absolute atomic E-state index is 0.145. The van der Waals surface area contributed by atoms with Gasteiger partial charge < -0.3 is 20.7 Å². The van der Waals surface area contributed by atoms with Crippen LogP contribution in [0.4, 0.5) is 11.5 Å². The molecule has 3 aromatic rings. The molecule has 1 aliphatic rings. The number of benzene rings is 1. The number of Topliss-reactive ketones (excluding diaryl/α,β-unsaturated/α-hetero) is 1. The van der Waals surface area contributed by atoms with Crippen molar-refractivity contribution >= 4 is 17.3 Å². The lowest BCUT2D eigenvalue weighted by Gasteiger charge is -2.30. The Balaban J connectivity index is 1.49. The minimum Gasteiger partial charge on any atom is -0.382 e. The number of ether oxygens (including phenoxy) is 1. The van der Waals surface area contributed by atoms with Crippen LogP contribution in [0.2, 0.25) is 0 Å². The van der Waals surface area contributed by atoms with E-state index in [4.69, 9.17) is 10.5 Å². The maximum absolute atomic E-state index is 13.2. The number of hydrogen-bond acceptors (Lipinski definition) is 8. The van der Waals surface area contributed by atoms with Crippen LogP contribution in [-0.4, -0.2) is 60.6 Å². The molecule has 0 atom stereocenters. The fraction of sp³-hybridized carbons (Fsp3) is 0.385. The average Bonchev–Trinajstić information content (AvgIpc) is 2.88. The number of nitrogen functional groups attached to an aromatic ring is 1. The zero-order valence-electron chi connectivity index (χ0n) is 19.7. The van der Waals surface area contributed by atoms with Gasteiger partial charge >= 0.3 is 0 Å². The largest absolute Gasteiger partial charge is 0.382 e. The third-order valence-electron chi connectivity index (χ3n) is 6.04. The van der Waals surface area contributed by atoms with Crippen LogP contribution in [0.5, 0.6) is 0 Å². The summed E-state index contributed by atoms with van der Waals surface area (Å²) < 4.78 is 5.46. The van der Waals surface area contributed by atoms with Gasteiger partial charge in [0.25, 0.3) is 0 Å². The van der Waals surface area contributed by atoms with Crippen molar-refractivity contribution in [2.45, 2.75) is 25.7 Å². The van der Waals surface area contributed by atoms with Crippen LogP contribution in [0.25, 0.3) is 11.3 Å². The van der Waals surface area contributed by atoms with Crippen LogP contribution < -0.4 is 16.0 Å². The van der Waals surface area contributed by atoms with Crippen molar-refractivity contribution in [3.8, 4) is 11.3 Å². The van der Waals surface area contributed by atoms with E-state index >= 15 is 0 Å². The Hall–Kier alpha value is -3.36. The van der Waals surface area contributed by atoms with Gasteiger partial charge in [0.15, 0.2) is 11.6 Å². The summed E-state index contributed by atoms with van der Waals surface area (Å²) >= 11 is 0. The smallest absolute Gasteiger partial charge is 0.189 e. The highest BCUT2D eigenvalue weighted by Crippen LogP contribution is 2.24. The average molecular weight is 461 g/mol. The Kier molecular flexibility index (Phi) is 8.17. The van der Waals surface area contributed by atoms with E-state index in [1.54, 1.807) is 18.6 Å². The Morgan fingerprint density at radius 2 is 1.91 bits per heavy atom. The number of aryl methyl sites for hydroxylation is 1. The van der Waals surface area contributed by atoms with Crippen molar-refractivity contribution in [3.63, 3.8) is 0 Å². The summed E-state index contributed by atoms with van der Waals surface area (Å²) in [5.74, 6) is -0.0257. The van der Waals surface area contributed by atoms with Gasteiger partial charge in [-0.3, -0.25) is 9.78 Å². The fourth-order valence-corrected chi connectivity index (χ4v) is 4.14. The Bertz CT molecular complexity index is 1100. The highest BCUT2D eigenvalue weighted by molar-refractivity contribution is 6.00. The monoisotopic (exact) mass is 460 g/mol. The van der Waals surface area contributed by atoms with E-state index in [0.717, 1.165) is 55.7 Å². The molecule has 8 nitrogen and oxygen atoms in total. The topological polar surface area (TPSA) is 106 Å². The van der Waals surface area contributed by atoms with Gasteiger partial charge in [0, 0.05) is 48.7 Å². The van der Waals surface area contributed by atoms with Crippen molar-refractivity contribution in [1.82, 2.24) is 20.3 Å². The molecule has 0 aliphatic carbocycles. The number of pyridine rings is 1. The van der Waals surface area contributed by atoms with Gasteiger partial charge in [-0.1, -0.05) is 24.3 Å². The van der Waals surface area contributed by atoms with Crippen LogP contribution >= 0.6 is 0 Å². The number of nitrogens with zero attached hydrogens (tertiary/aromatic N) is 4. The molecule has 1 aromatic carbocycles. The van der Waals surface area contributed by atoms with Crippen molar-refractivity contribution in [2.75, 3.05) is 50.5 Å². The molecule has 1 saturated heterocycles. The van der Waals surface area contributed by atoms with Gasteiger partial charge in [-0.25, -0.2) is 9.97 Å². The van der Waals surface area contributed by atoms with Crippen LogP contribution in [0, 0.1) is 0 Å². The highest BCUT2D eigenvalue weighted by atomic mass is 16.5. The molecule has 4 rings (SSSR count). The van der Waals surface area contributed by atoms with E-state index < -0.39 is 0 Å². The normalized spacial score (nSPS) is 13.7. The molecule has 0 amide bonds. The number of rotatable bonds is 10. The molecule has 34 heavy (non-hydrogen) atoms. The first-order valence-corrected chi connectivity index (χ1v) is 11.8. The lowest BCUT2D eigenvalue weighted by molar-refractivity contribution is 0.0988. The molecule has 1 fully saturated rings. The first-order valence-electron chi connectivity index (χ1n) is 11.8. The van der Waals surface area contributed by atoms with Crippen molar-refractivity contribution in [3.05, 3.63) is 65.7 Å². The second-order valence-corrected chi connectivity index (χ2v) is 8.45. The van der Waals surface area contributed by atoms with E-state index in [-0.39, 0.29) is 23.7 Å². The number of carbonyl (C=O) groups excluding carboxylic acids is 1. The minimum atomic E-state index is -0.171. The van der Waals surface area contributed by atoms with Gasteiger partial charge in [-0.15, -0.1) is 0 Å². The molecule has 1 aliphatic heterocycles. The lowest BCUT2D eigenvalue weighted by atomic mass is 10.0. The number of ketones is 1. The third-order valence-corrected chi connectivity index (χ3v) is 6.04. The summed E-state index contributed by atoms with van der Waals surface area (Å²) in [6.07, 6.45) is 8.60. The Morgan fingerprint density at radius 1 is 1.12 bits per heavy atom. The standard InChI is InChI=1S/C26H32N6O2/c1-28-10-3-2-4-19-5-7-20(8-6-19)22-18-30-26(27)25(31-22)24(33)16-21-17-29-11-9-23(21)32-12-14-34-15-13-32/h5-9,11,17-18,28H,2-4,10,12-16H2,1H3,(H2,27,30). The maximum Gasteiger partial charge on any atom is 0.189 e. The predicted molar refractivity (Wildman–Crippen MR) is 134 cm³/mol. The summed E-state index contributed by atoms with van der Waals surface area (Å²) in [6, 6.07) is 10.2. The maximum atomic E-state index is 13.2. The van der Waals surface area contributed by atoms with Gasteiger partial charge in [0.05, 0.1) is 25.1 Å². The van der Waals surface area contributed by atoms with Crippen molar-refractivity contribution in [1.29, 1.82) is 0 Å². The van der Waals surface area contributed by atoms with Gasteiger partial charge in [0.2, 0.25) is 0 Å². The number of carbonyl (C=O) groups is 1. The van der Waals surface area contributed by atoms with E-state index in [1.807, 2.05) is 25.2 Å². The molecule has 3 heterocycles. The zero-order chi connectivity index (χ0) is 23.8. The number of aromatic nitrogens is 3. The first-order chi connectivity index (χ1) is 16.7. The summed E-state index contributed by atoms with van der Waals surface area (Å²) in [7, 11) is 1.97. The fourth-order valence-electron chi connectivity index (χ4n) is 4.14. The molecule has 178 valence electrons. The second kappa shape index (κ2) is 11.7. The lowest BCUT2D eigenvalue weighted by Crippen LogP contribution is -2.37. The molecule has 0 spiro atoms. The summed E-state index contributed by atoms with van der Waals surface area (Å²) in [4.78, 5) is 28.5. The summed E-state index contributed by atoms with van der Waals surface area (Å²) in [5, 5.41) is 3.17. The van der Waals surface area contributed by atoms with E-state index in [0.29, 0.717) is 18.9 Å². The summed E-state index contributed by atoms with van der Waals surface area (Å²) in [5.41, 5.74) is 10.9. The SMILES string of the molecule is CNCCCCc1ccc(-c2cnc(N)c(C(=O)Cc3cnccc3N3CCOCC3)n2)cc1. The number of nitrogens with two attached hydrogens (primary N) is 1. The molecule has 8 heteroatoms. The molecule has 3 N–H and O–H groups in total.